The van der Waals surface area contributed by atoms with Crippen molar-refractivity contribution in [2.24, 2.45) is 0 Å². The van der Waals surface area contributed by atoms with Gasteiger partial charge in [0.25, 0.3) is 0 Å². The lowest BCUT2D eigenvalue weighted by molar-refractivity contribution is 0.803. The molecule has 0 fully saturated rings. The molecule has 3 N–H and O–H groups in total. The van der Waals surface area contributed by atoms with Crippen LogP contribution in [0.1, 0.15) is 35.7 Å². The number of aryl methyl sites for hydroxylation is 4. The average Bonchev–Trinajstić information content (AvgIpc) is 2.92. The number of benzene rings is 1. The summed E-state index contributed by atoms with van der Waals surface area (Å²) in [5.41, 5.74) is 12.6. The molecule has 0 saturated heterocycles. The largest absolute Gasteiger partial charge is 0.383 e. The van der Waals surface area contributed by atoms with Gasteiger partial charge in [-0.25, -0.2) is 4.68 Å². The number of hydrogen-bond donors (Lipinski definition) is 2. The molecule has 1 aromatic carbocycles. The molecule has 0 amide bonds. The summed E-state index contributed by atoms with van der Waals surface area (Å²) >= 11 is 0. The second-order valence-corrected chi connectivity index (χ2v) is 5.69. The molecule has 0 unspecified atom stereocenters. The Morgan fingerprint density at radius 3 is 2.48 bits per heavy atom. The molecule has 0 spiro atoms. The van der Waals surface area contributed by atoms with E-state index in [1.807, 2.05) is 4.68 Å². The first-order chi connectivity index (χ1) is 10.0. The Hall–Kier alpha value is -2.30. The van der Waals surface area contributed by atoms with Crippen LogP contribution in [0.2, 0.25) is 0 Å². The molecule has 3 aromatic rings. The fourth-order valence-electron chi connectivity index (χ4n) is 3.08. The summed E-state index contributed by atoms with van der Waals surface area (Å²) in [4.78, 5) is 0. The van der Waals surface area contributed by atoms with Gasteiger partial charge in [0.1, 0.15) is 5.82 Å². The SMILES string of the molecule is CCCc1nn(-c2c(C)cc(C)cc2C)c2n[nH]c(N)c12. The highest BCUT2D eigenvalue weighted by molar-refractivity contribution is 5.90. The van der Waals surface area contributed by atoms with Crippen LogP contribution in [0.25, 0.3) is 16.7 Å². The number of fused-ring (bicyclic) bond motifs is 1. The predicted molar refractivity (Wildman–Crippen MR) is 85.8 cm³/mol. The highest BCUT2D eigenvalue weighted by Crippen LogP contribution is 2.29. The van der Waals surface area contributed by atoms with Crippen LogP contribution in [0, 0.1) is 20.8 Å². The average molecular weight is 283 g/mol. The molecular formula is C16H21N5. The summed E-state index contributed by atoms with van der Waals surface area (Å²) in [5.74, 6) is 0.599. The monoisotopic (exact) mass is 283 g/mol. The summed E-state index contributed by atoms with van der Waals surface area (Å²) in [6.07, 6.45) is 1.93. The van der Waals surface area contributed by atoms with Crippen molar-refractivity contribution in [2.75, 3.05) is 5.73 Å². The fraction of sp³-hybridized carbons (Fsp3) is 0.375. The lowest BCUT2D eigenvalue weighted by Gasteiger charge is -2.11. The molecule has 3 rings (SSSR count). The first-order valence-corrected chi connectivity index (χ1v) is 7.32. The van der Waals surface area contributed by atoms with Gasteiger partial charge >= 0.3 is 0 Å². The van der Waals surface area contributed by atoms with E-state index >= 15 is 0 Å². The normalized spacial score (nSPS) is 11.4. The van der Waals surface area contributed by atoms with E-state index in [0.29, 0.717) is 5.82 Å². The Labute approximate surface area is 124 Å². The Balaban J connectivity index is 2.31. The Morgan fingerprint density at radius 1 is 1.19 bits per heavy atom. The van der Waals surface area contributed by atoms with Crippen LogP contribution >= 0.6 is 0 Å². The van der Waals surface area contributed by atoms with E-state index in [1.54, 1.807) is 0 Å². The number of aromatic amines is 1. The van der Waals surface area contributed by atoms with Gasteiger partial charge in [0, 0.05) is 0 Å². The van der Waals surface area contributed by atoms with Gasteiger partial charge in [0.2, 0.25) is 0 Å². The summed E-state index contributed by atoms with van der Waals surface area (Å²) in [6, 6.07) is 4.34. The third-order valence-electron chi connectivity index (χ3n) is 3.82. The van der Waals surface area contributed by atoms with Gasteiger partial charge in [-0.1, -0.05) is 31.0 Å². The molecule has 0 saturated carbocycles. The fourth-order valence-corrected chi connectivity index (χ4v) is 3.08. The summed E-state index contributed by atoms with van der Waals surface area (Å²) in [6.45, 7) is 8.47. The standard InChI is InChI=1S/C16H21N5/c1-5-6-12-13-15(17)18-19-16(13)21(20-12)14-10(3)7-9(2)8-11(14)4/h7-8H,5-6H2,1-4H3,(H3,17,18,19). The minimum absolute atomic E-state index is 0.599. The smallest absolute Gasteiger partial charge is 0.186 e. The van der Waals surface area contributed by atoms with Gasteiger partial charge in [-0.05, 0) is 38.3 Å². The Bertz CT molecular complexity index is 787. The molecular weight excluding hydrogens is 262 g/mol. The zero-order chi connectivity index (χ0) is 15.1. The van der Waals surface area contributed by atoms with Crippen LogP contribution in [0.5, 0.6) is 0 Å². The second kappa shape index (κ2) is 4.91. The van der Waals surface area contributed by atoms with Crippen LogP contribution in [-0.4, -0.2) is 20.0 Å². The second-order valence-electron chi connectivity index (χ2n) is 5.69. The molecule has 0 aliphatic heterocycles. The first kappa shape index (κ1) is 13.7. The van der Waals surface area contributed by atoms with Crippen molar-refractivity contribution in [3.63, 3.8) is 0 Å². The van der Waals surface area contributed by atoms with Gasteiger partial charge in [-0.2, -0.15) is 10.2 Å². The molecule has 5 nitrogen and oxygen atoms in total. The third kappa shape index (κ3) is 2.09. The molecule has 21 heavy (non-hydrogen) atoms. The summed E-state index contributed by atoms with van der Waals surface area (Å²) in [7, 11) is 0. The topological polar surface area (TPSA) is 72.5 Å². The molecule has 0 radical (unpaired) electrons. The molecule has 2 heterocycles. The van der Waals surface area contributed by atoms with Gasteiger partial charge in [0.05, 0.1) is 16.8 Å². The van der Waals surface area contributed by atoms with E-state index in [0.717, 1.165) is 35.3 Å². The van der Waals surface area contributed by atoms with Gasteiger partial charge in [0.15, 0.2) is 5.65 Å². The van der Waals surface area contributed by atoms with Crippen molar-refractivity contribution >= 4 is 16.9 Å². The van der Waals surface area contributed by atoms with E-state index in [4.69, 9.17) is 10.8 Å². The Morgan fingerprint density at radius 2 is 1.86 bits per heavy atom. The lowest BCUT2D eigenvalue weighted by Crippen LogP contribution is -2.04. The van der Waals surface area contributed by atoms with Crippen molar-refractivity contribution in [3.8, 4) is 5.69 Å². The Kier molecular flexibility index (Phi) is 3.20. The third-order valence-corrected chi connectivity index (χ3v) is 3.82. The van der Waals surface area contributed by atoms with Crippen LogP contribution in [-0.2, 0) is 6.42 Å². The maximum Gasteiger partial charge on any atom is 0.186 e. The zero-order valence-corrected chi connectivity index (χ0v) is 13.0. The molecule has 0 atom stereocenters. The first-order valence-electron chi connectivity index (χ1n) is 7.32. The van der Waals surface area contributed by atoms with Crippen LogP contribution in [0.4, 0.5) is 5.82 Å². The lowest BCUT2D eigenvalue weighted by atomic mass is 10.1. The number of hydrogen-bond acceptors (Lipinski definition) is 3. The highest BCUT2D eigenvalue weighted by atomic mass is 15.4. The predicted octanol–water partition coefficient (Wildman–Crippen LogP) is 3.21. The van der Waals surface area contributed by atoms with Crippen molar-refractivity contribution in [1.82, 2.24) is 20.0 Å². The van der Waals surface area contributed by atoms with Gasteiger partial charge < -0.3 is 5.73 Å². The molecule has 110 valence electrons. The quantitative estimate of drug-likeness (QED) is 0.775. The van der Waals surface area contributed by atoms with E-state index in [9.17, 15) is 0 Å². The van der Waals surface area contributed by atoms with Crippen LogP contribution < -0.4 is 5.73 Å². The van der Waals surface area contributed by atoms with Crippen molar-refractivity contribution in [1.29, 1.82) is 0 Å². The number of nitrogens with two attached hydrogens (primary N) is 1. The number of rotatable bonds is 3. The molecule has 5 heteroatoms. The minimum Gasteiger partial charge on any atom is -0.383 e. The molecule has 0 aliphatic rings. The zero-order valence-electron chi connectivity index (χ0n) is 13.0. The van der Waals surface area contributed by atoms with Crippen LogP contribution in [0.15, 0.2) is 12.1 Å². The molecule has 0 aliphatic carbocycles. The van der Waals surface area contributed by atoms with Crippen molar-refractivity contribution < 1.29 is 0 Å². The maximum absolute atomic E-state index is 6.03. The molecule has 0 bridgehead atoms. The van der Waals surface area contributed by atoms with E-state index in [-0.39, 0.29) is 0 Å². The van der Waals surface area contributed by atoms with Crippen molar-refractivity contribution in [3.05, 3.63) is 34.5 Å². The molecule has 2 aromatic heterocycles. The van der Waals surface area contributed by atoms with E-state index in [2.05, 4.69) is 50.0 Å². The number of nitrogens with zero attached hydrogens (tertiary/aromatic N) is 3. The number of H-pyrrole nitrogens is 1. The van der Waals surface area contributed by atoms with E-state index in [1.165, 1.54) is 16.7 Å². The summed E-state index contributed by atoms with van der Waals surface area (Å²) < 4.78 is 1.93. The van der Waals surface area contributed by atoms with E-state index < -0.39 is 0 Å². The van der Waals surface area contributed by atoms with Gasteiger partial charge in [-0.15, -0.1) is 0 Å². The number of aromatic nitrogens is 4. The summed E-state index contributed by atoms with van der Waals surface area (Å²) in [5, 5.41) is 13.0. The highest BCUT2D eigenvalue weighted by Gasteiger charge is 2.19. The number of nitrogens with one attached hydrogen (secondary N) is 1. The number of anilines is 1. The maximum atomic E-state index is 6.03. The van der Waals surface area contributed by atoms with Gasteiger partial charge in [-0.3, -0.25) is 5.10 Å². The van der Waals surface area contributed by atoms with Crippen LogP contribution in [0.3, 0.4) is 0 Å². The van der Waals surface area contributed by atoms with Crippen molar-refractivity contribution in [2.45, 2.75) is 40.5 Å². The minimum atomic E-state index is 0.599. The number of nitrogen functional groups attached to an aromatic ring is 1.